The Kier molecular flexibility index (Phi) is 4.59. The van der Waals surface area contributed by atoms with E-state index in [4.69, 9.17) is 0 Å². The monoisotopic (exact) mass is 155 g/mol. The first-order valence-electron chi connectivity index (χ1n) is 2.06. The van der Waals surface area contributed by atoms with Crippen LogP contribution in [0.25, 0.3) is 0 Å². The molecular weight excluding hydrogens is 154 g/mol. The van der Waals surface area contributed by atoms with E-state index in [0.717, 1.165) is 18.2 Å². The molecule has 0 aromatic carbocycles. The third kappa shape index (κ3) is 3.37. The third-order valence-corrected chi connectivity index (χ3v) is 1.51. The van der Waals surface area contributed by atoms with Crippen LogP contribution in [0.4, 0.5) is 0 Å². The van der Waals surface area contributed by atoms with Crippen molar-refractivity contribution in [3.8, 4) is 0 Å². The normalized spacial score (nSPS) is 9.60. The van der Waals surface area contributed by atoms with Crippen LogP contribution in [-0.4, -0.2) is 27.5 Å². The molecule has 0 heterocycles. The van der Waals surface area contributed by atoms with Gasteiger partial charge in [-0.05, 0) is 0 Å². The summed E-state index contributed by atoms with van der Waals surface area (Å²) in [5.41, 5.74) is 0. The molecule has 0 aliphatic heterocycles. The molecule has 0 atom stereocenters. The summed E-state index contributed by atoms with van der Waals surface area (Å²) in [4.78, 5) is 28.6. The molecule has 7 heteroatoms. The van der Waals surface area contributed by atoms with Gasteiger partial charge in [0, 0.05) is 0 Å². The zero-order chi connectivity index (χ0) is 7.82. The molecule has 0 fully saturated rings. The van der Waals surface area contributed by atoms with E-state index in [9.17, 15) is 14.4 Å². The summed E-state index contributed by atoms with van der Waals surface area (Å²) in [6.45, 7) is 0. The Hall–Kier alpha value is -1.64. The molecule has 0 N–H and O–H groups in total. The SMILES string of the molecule is O=C=N[SiH](N=C=O)N=C=O. The van der Waals surface area contributed by atoms with Crippen LogP contribution in [0.15, 0.2) is 14.0 Å². The highest BCUT2D eigenvalue weighted by atomic mass is 28.3. The largest absolute Gasteiger partial charge is 0.452 e. The maximum atomic E-state index is 9.53. The molecule has 0 rings (SSSR count). The van der Waals surface area contributed by atoms with Crippen molar-refractivity contribution in [2.75, 3.05) is 0 Å². The molecule has 0 amide bonds. The Labute approximate surface area is 56.9 Å². The molecule has 0 radical (unpaired) electrons. The van der Waals surface area contributed by atoms with Gasteiger partial charge < -0.3 is 0 Å². The van der Waals surface area contributed by atoms with Gasteiger partial charge in [-0.25, -0.2) is 14.4 Å². The topological polar surface area (TPSA) is 88.3 Å². The van der Waals surface area contributed by atoms with Crippen LogP contribution in [0.2, 0.25) is 0 Å². The molecule has 0 aromatic rings. The van der Waals surface area contributed by atoms with Crippen LogP contribution in [-0.2, 0) is 14.4 Å². The molecule has 0 aromatic heterocycles. The quantitative estimate of drug-likeness (QED) is 0.288. The minimum absolute atomic E-state index is 1.13. The van der Waals surface area contributed by atoms with Crippen molar-refractivity contribution >= 4 is 27.5 Å². The van der Waals surface area contributed by atoms with Crippen molar-refractivity contribution in [2.45, 2.75) is 0 Å². The van der Waals surface area contributed by atoms with Gasteiger partial charge in [-0.3, -0.25) is 0 Å². The Bertz CT molecular complexity index is 203. The van der Waals surface area contributed by atoms with Crippen LogP contribution in [0.1, 0.15) is 0 Å². The predicted molar refractivity (Wildman–Crippen MR) is 31.5 cm³/mol. The van der Waals surface area contributed by atoms with Crippen molar-refractivity contribution in [3.63, 3.8) is 0 Å². The van der Waals surface area contributed by atoms with Crippen LogP contribution in [0.5, 0.6) is 0 Å². The summed E-state index contributed by atoms with van der Waals surface area (Å²) in [6.07, 6.45) is 3.39. The second-order valence-electron chi connectivity index (χ2n) is 1.01. The van der Waals surface area contributed by atoms with Crippen molar-refractivity contribution in [2.24, 2.45) is 14.0 Å². The Morgan fingerprint density at radius 1 is 0.800 bits per heavy atom. The van der Waals surface area contributed by atoms with Crippen molar-refractivity contribution in [1.29, 1.82) is 0 Å². The highest BCUT2D eigenvalue weighted by Gasteiger charge is 2.03. The van der Waals surface area contributed by atoms with E-state index >= 15 is 0 Å². The fourth-order valence-electron chi connectivity index (χ4n) is 0.228. The van der Waals surface area contributed by atoms with Gasteiger partial charge in [0.05, 0.1) is 0 Å². The second-order valence-corrected chi connectivity index (χ2v) is 2.47. The van der Waals surface area contributed by atoms with E-state index in [2.05, 4.69) is 14.0 Å². The lowest BCUT2D eigenvalue weighted by molar-refractivity contribution is 0.565. The smallest absolute Gasteiger partial charge is 0.212 e. The standard InChI is InChI=1S/C3HN3O3Si/c7-1-4-10(5-2-8)6-3-9/h10H. The summed E-state index contributed by atoms with van der Waals surface area (Å²) in [5.74, 6) is 0. The average Bonchev–Trinajstić information content (AvgIpc) is 1.90. The number of hydrogen-bond acceptors (Lipinski definition) is 6. The van der Waals surface area contributed by atoms with Crippen molar-refractivity contribution < 1.29 is 14.4 Å². The van der Waals surface area contributed by atoms with E-state index in [1.807, 2.05) is 0 Å². The molecule has 50 valence electrons. The lowest BCUT2D eigenvalue weighted by Gasteiger charge is -1.81. The zero-order valence-electron chi connectivity index (χ0n) is 4.64. The van der Waals surface area contributed by atoms with Gasteiger partial charge in [-0.15, -0.1) is 0 Å². The molecule has 0 saturated heterocycles. The third-order valence-electron chi connectivity index (χ3n) is 0.505. The number of nitrogens with zero attached hydrogens (tertiary/aromatic N) is 3. The fourth-order valence-corrected chi connectivity index (χ4v) is 0.684. The molecule has 0 unspecified atom stereocenters. The maximum Gasteiger partial charge on any atom is 0.452 e. The van der Waals surface area contributed by atoms with Gasteiger partial charge >= 0.3 is 9.28 Å². The van der Waals surface area contributed by atoms with Gasteiger partial charge in [0.15, 0.2) is 0 Å². The summed E-state index contributed by atoms with van der Waals surface area (Å²) in [7, 11) is -2.63. The van der Waals surface area contributed by atoms with Gasteiger partial charge in [-0.1, -0.05) is 0 Å². The number of rotatable bonds is 3. The number of carbonyl (C=O) groups excluding carboxylic acids is 3. The Morgan fingerprint density at radius 2 is 1.10 bits per heavy atom. The molecule has 6 nitrogen and oxygen atoms in total. The zero-order valence-corrected chi connectivity index (χ0v) is 5.80. The lowest BCUT2D eigenvalue weighted by atomic mass is 11.7. The number of isocyanates is 3. The summed E-state index contributed by atoms with van der Waals surface area (Å²) in [5, 5.41) is 0. The van der Waals surface area contributed by atoms with Crippen LogP contribution < -0.4 is 0 Å². The van der Waals surface area contributed by atoms with E-state index in [-0.39, 0.29) is 0 Å². The first-order chi connectivity index (χ1) is 4.85. The minimum atomic E-state index is -2.63. The molecular formula is C3HN3O3Si. The molecule has 0 bridgehead atoms. The average molecular weight is 155 g/mol. The van der Waals surface area contributed by atoms with E-state index in [0.29, 0.717) is 0 Å². The molecule has 10 heavy (non-hydrogen) atoms. The van der Waals surface area contributed by atoms with E-state index < -0.39 is 9.28 Å². The highest BCUT2D eigenvalue weighted by Crippen LogP contribution is 1.82. The lowest BCUT2D eigenvalue weighted by Crippen LogP contribution is -2.00. The van der Waals surface area contributed by atoms with Crippen LogP contribution >= 0.6 is 0 Å². The molecule has 0 aliphatic carbocycles. The first kappa shape index (κ1) is 8.36. The van der Waals surface area contributed by atoms with E-state index in [1.165, 1.54) is 0 Å². The summed E-state index contributed by atoms with van der Waals surface area (Å²) < 4.78 is 8.94. The summed E-state index contributed by atoms with van der Waals surface area (Å²) in [6, 6.07) is 0. The molecule has 0 saturated carbocycles. The fraction of sp³-hybridized carbons (Fsp3) is 0. The van der Waals surface area contributed by atoms with Gasteiger partial charge in [0.1, 0.15) is 0 Å². The second kappa shape index (κ2) is 5.49. The van der Waals surface area contributed by atoms with Crippen molar-refractivity contribution in [1.82, 2.24) is 0 Å². The van der Waals surface area contributed by atoms with Gasteiger partial charge in [0.2, 0.25) is 18.2 Å². The maximum absolute atomic E-state index is 9.53. The molecule has 0 aliphatic rings. The Morgan fingerprint density at radius 3 is 1.30 bits per heavy atom. The summed E-state index contributed by atoms with van der Waals surface area (Å²) >= 11 is 0. The van der Waals surface area contributed by atoms with Gasteiger partial charge in [0.25, 0.3) is 0 Å². The van der Waals surface area contributed by atoms with Crippen LogP contribution in [0, 0.1) is 0 Å². The number of hydrogen-bond donors (Lipinski definition) is 0. The first-order valence-corrected chi connectivity index (χ1v) is 3.61. The highest BCUT2D eigenvalue weighted by molar-refractivity contribution is 6.55. The predicted octanol–water partition coefficient (Wildman–Crippen LogP) is -1.29. The Balaban J connectivity index is 4.39. The minimum Gasteiger partial charge on any atom is -0.212 e. The van der Waals surface area contributed by atoms with Crippen molar-refractivity contribution in [3.05, 3.63) is 0 Å². The van der Waals surface area contributed by atoms with E-state index in [1.54, 1.807) is 0 Å². The molecule has 0 spiro atoms. The van der Waals surface area contributed by atoms with Crippen LogP contribution in [0.3, 0.4) is 0 Å². The van der Waals surface area contributed by atoms with Gasteiger partial charge in [-0.2, -0.15) is 14.0 Å².